The van der Waals surface area contributed by atoms with Crippen LogP contribution < -0.4 is 0 Å². The molecule has 0 unspecified atom stereocenters. The van der Waals surface area contributed by atoms with Crippen molar-refractivity contribution in [2.24, 2.45) is 0 Å². The van der Waals surface area contributed by atoms with Gasteiger partial charge >= 0.3 is 5.97 Å². The van der Waals surface area contributed by atoms with Gasteiger partial charge in [-0.05, 0) is 36.3 Å². The lowest BCUT2D eigenvalue weighted by molar-refractivity contribution is -0.131. The summed E-state index contributed by atoms with van der Waals surface area (Å²) in [5, 5.41) is 8.43. The highest BCUT2D eigenvalue weighted by Gasteiger charge is 2.03. The van der Waals surface area contributed by atoms with Crippen LogP contribution in [0.25, 0.3) is 6.08 Å². The molecule has 0 radical (unpaired) electrons. The van der Waals surface area contributed by atoms with Gasteiger partial charge in [0.1, 0.15) is 5.82 Å². The van der Waals surface area contributed by atoms with Crippen LogP contribution in [0.1, 0.15) is 11.1 Å². The van der Waals surface area contributed by atoms with Gasteiger partial charge in [0.2, 0.25) is 0 Å². The van der Waals surface area contributed by atoms with Crippen molar-refractivity contribution in [3.63, 3.8) is 0 Å². The Labute approximate surface area is 89.2 Å². The second-order valence-electron chi connectivity index (χ2n) is 2.79. The fourth-order valence-corrected chi connectivity index (χ4v) is 1.74. The zero-order valence-electron chi connectivity index (χ0n) is 7.42. The van der Waals surface area contributed by atoms with Crippen LogP contribution in [0.3, 0.4) is 0 Å². The zero-order valence-corrected chi connectivity index (χ0v) is 9.01. The molecule has 0 aliphatic carbocycles. The van der Waals surface area contributed by atoms with Gasteiger partial charge in [0.15, 0.2) is 0 Å². The van der Waals surface area contributed by atoms with Gasteiger partial charge < -0.3 is 5.11 Å². The minimum atomic E-state index is -1.03. The number of carboxylic acids is 1. The first-order valence-corrected chi connectivity index (χ1v) is 4.66. The van der Waals surface area contributed by atoms with Crippen molar-refractivity contribution in [2.45, 2.75) is 6.92 Å². The van der Waals surface area contributed by atoms with Crippen LogP contribution in [0.2, 0.25) is 0 Å². The minimum Gasteiger partial charge on any atom is -0.478 e. The molecule has 0 amide bonds. The van der Waals surface area contributed by atoms with Crippen LogP contribution in [0.15, 0.2) is 22.7 Å². The molecular weight excluding hydrogens is 251 g/mol. The summed E-state index contributed by atoms with van der Waals surface area (Å²) in [7, 11) is 0. The Bertz CT molecular complexity index is 376. The van der Waals surface area contributed by atoms with E-state index in [-0.39, 0.29) is 5.82 Å². The number of aryl methyl sites for hydroxylation is 1. The van der Waals surface area contributed by atoms with E-state index >= 15 is 0 Å². The monoisotopic (exact) mass is 258 g/mol. The second-order valence-corrected chi connectivity index (χ2v) is 3.64. The van der Waals surface area contributed by atoms with Crippen molar-refractivity contribution in [3.8, 4) is 0 Å². The summed E-state index contributed by atoms with van der Waals surface area (Å²) in [6, 6.07) is 2.65. The van der Waals surface area contributed by atoms with Crippen LogP contribution in [0, 0.1) is 12.7 Å². The fourth-order valence-electron chi connectivity index (χ4n) is 1.08. The van der Waals surface area contributed by atoms with Gasteiger partial charge in [-0.2, -0.15) is 0 Å². The predicted molar refractivity (Wildman–Crippen MR) is 55.5 cm³/mol. The fraction of sp³-hybridized carbons (Fsp3) is 0.100. The lowest BCUT2D eigenvalue weighted by Gasteiger charge is -2.03. The highest BCUT2D eigenvalue weighted by molar-refractivity contribution is 9.10. The quantitative estimate of drug-likeness (QED) is 0.829. The first kappa shape index (κ1) is 10.9. The summed E-state index contributed by atoms with van der Waals surface area (Å²) in [5.41, 5.74) is 1.36. The number of carbonyl (C=O) groups is 1. The third kappa shape index (κ3) is 2.67. The average Bonchev–Trinajstić information content (AvgIpc) is 2.01. The molecule has 1 N–H and O–H groups in total. The van der Waals surface area contributed by atoms with Crippen molar-refractivity contribution < 1.29 is 14.3 Å². The summed E-state index contributed by atoms with van der Waals surface area (Å²) in [5.74, 6) is -1.37. The van der Waals surface area contributed by atoms with E-state index in [9.17, 15) is 9.18 Å². The number of halogens is 2. The molecule has 14 heavy (non-hydrogen) atoms. The number of rotatable bonds is 2. The van der Waals surface area contributed by atoms with Gasteiger partial charge in [-0.15, -0.1) is 0 Å². The molecule has 74 valence electrons. The van der Waals surface area contributed by atoms with E-state index < -0.39 is 5.97 Å². The van der Waals surface area contributed by atoms with Crippen LogP contribution in [-0.2, 0) is 4.79 Å². The third-order valence-electron chi connectivity index (χ3n) is 1.69. The first-order valence-electron chi connectivity index (χ1n) is 3.87. The number of carboxylic acid groups (broad SMARTS) is 1. The third-order valence-corrected chi connectivity index (χ3v) is 2.35. The van der Waals surface area contributed by atoms with Crippen LogP contribution in [0.5, 0.6) is 0 Å². The van der Waals surface area contributed by atoms with Gasteiger partial charge in [-0.25, -0.2) is 9.18 Å². The molecule has 0 bridgehead atoms. The molecule has 4 heteroatoms. The molecule has 1 rings (SSSR count). The molecule has 0 aromatic heterocycles. The summed E-state index contributed by atoms with van der Waals surface area (Å²) < 4.78 is 13.4. The standard InChI is InChI=1S/C10H8BrFO2/c1-6-4-7(12)5-9(11)8(6)2-3-10(13)14/h2-5H,1H3,(H,13,14)/b3-2+. The summed E-state index contributed by atoms with van der Waals surface area (Å²) >= 11 is 3.16. The molecule has 0 aliphatic heterocycles. The summed E-state index contributed by atoms with van der Waals surface area (Å²) in [6.45, 7) is 1.72. The van der Waals surface area contributed by atoms with Crippen molar-refractivity contribution >= 4 is 28.0 Å². The van der Waals surface area contributed by atoms with Crippen molar-refractivity contribution in [2.75, 3.05) is 0 Å². The molecule has 1 aromatic rings. The summed E-state index contributed by atoms with van der Waals surface area (Å²) in [6.07, 6.45) is 2.45. The minimum absolute atomic E-state index is 0.346. The number of hydrogen-bond donors (Lipinski definition) is 1. The molecule has 0 saturated heterocycles. The SMILES string of the molecule is Cc1cc(F)cc(Br)c1/C=C/C(=O)O. The van der Waals surface area contributed by atoms with E-state index in [0.717, 1.165) is 6.08 Å². The molecule has 0 aliphatic rings. The molecule has 0 heterocycles. The Hall–Kier alpha value is -1.16. The Morgan fingerprint density at radius 2 is 2.21 bits per heavy atom. The Kier molecular flexibility index (Phi) is 3.41. The topological polar surface area (TPSA) is 37.3 Å². The molecule has 0 spiro atoms. The maximum atomic E-state index is 12.8. The van der Waals surface area contributed by atoms with Crippen molar-refractivity contribution in [1.29, 1.82) is 0 Å². The highest BCUT2D eigenvalue weighted by atomic mass is 79.9. The van der Waals surface area contributed by atoms with Gasteiger partial charge in [0.05, 0.1) is 0 Å². The Morgan fingerprint density at radius 3 is 2.71 bits per heavy atom. The molecule has 2 nitrogen and oxygen atoms in total. The summed E-state index contributed by atoms with van der Waals surface area (Å²) in [4.78, 5) is 10.3. The van der Waals surface area contributed by atoms with Gasteiger partial charge in [0, 0.05) is 10.5 Å². The predicted octanol–water partition coefficient (Wildman–Crippen LogP) is 2.99. The Balaban J connectivity index is 3.15. The van der Waals surface area contributed by atoms with Crippen molar-refractivity contribution in [1.82, 2.24) is 0 Å². The van der Waals surface area contributed by atoms with E-state index in [1.54, 1.807) is 6.92 Å². The van der Waals surface area contributed by atoms with Gasteiger partial charge in [-0.3, -0.25) is 0 Å². The zero-order chi connectivity index (χ0) is 10.7. The van der Waals surface area contributed by atoms with Crippen LogP contribution >= 0.6 is 15.9 Å². The molecule has 0 atom stereocenters. The maximum absolute atomic E-state index is 12.8. The molecule has 0 saturated carbocycles. The Morgan fingerprint density at radius 1 is 1.57 bits per heavy atom. The van der Waals surface area contributed by atoms with E-state index in [2.05, 4.69) is 15.9 Å². The molecular formula is C10H8BrFO2. The average molecular weight is 259 g/mol. The number of benzene rings is 1. The maximum Gasteiger partial charge on any atom is 0.328 e. The van der Waals surface area contributed by atoms with E-state index in [0.29, 0.717) is 15.6 Å². The van der Waals surface area contributed by atoms with Crippen molar-refractivity contribution in [3.05, 3.63) is 39.6 Å². The number of hydrogen-bond acceptors (Lipinski definition) is 1. The normalized spacial score (nSPS) is 10.8. The largest absolute Gasteiger partial charge is 0.478 e. The molecule has 1 aromatic carbocycles. The van der Waals surface area contributed by atoms with Crippen LogP contribution in [0.4, 0.5) is 4.39 Å². The smallest absolute Gasteiger partial charge is 0.328 e. The lowest BCUT2D eigenvalue weighted by Crippen LogP contribution is -1.89. The van der Waals surface area contributed by atoms with Crippen LogP contribution in [-0.4, -0.2) is 11.1 Å². The second kappa shape index (κ2) is 4.37. The van der Waals surface area contributed by atoms with E-state index in [1.807, 2.05) is 0 Å². The van der Waals surface area contributed by atoms with Gasteiger partial charge in [-0.1, -0.05) is 15.9 Å². The van der Waals surface area contributed by atoms with E-state index in [4.69, 9.17) is 5.11 Å². The molecule has 0 fully saturated rings. The van der Waals surface area contributed by atoms with Gasteiger partial charge in [0.25, 0.3) is 0 Å². The van der Waals surface area contributed by atoms with E-state index in [1.165, 1.54) is 18.2 Å². The lowest BCUT2D eigenvalue weighted by atomic mass is 10.1. The highest BCUT2D eigenvalue weighted by Crippen LogP contribution is 2.23. The first-order chi connectivity index (χ1) is 6.50. The number of aliphatic carboxylic acids is 1.